The van der Waals surface area contributed by atoms with Crippen LogP contribution in [0.4, 0.5) is 5.95 Å². The molecule has 4 rings (SSSR count). The Morgan fingerprint density at radius 2 is 1.63 bits per heavy atom. The zero-order valence-electron chi connectivity index (χ0n) is 16.8. The van der Waals surface area contributed by atoms with Crippen LogP contribution < -0.4 is 10.2 Å². The molecule has 1 N–H and O–H groups in total. The Balaban J connectivity index is 1.15. The van der Waals surface area contributed by atoms with E-state index >= 15 is 0 Å². The summed E-state index contributed by atoms with van der Waals surface area (Å²) in [7, 11) is 0. The van der Waals surface area contributed by atoms with Crippen molar-refractivity contribution in [2.75, 3.05) is 31.1 Å². The Morgan fingerprint density at radius 1 is 1.00 bits per heavy atom. The van der Waals surface area contributed by atoms with Crippen LogP contribution >= 0.6 is 0 Å². The number of nitrogens with one attached hydrogen (secondary N) is 1. The van der Waals surface area contributed by atoms with Crippen molar-refractivity contribution in [3.05, 3.63) is 53.9 Å². The maximum atomic E-state index is 12.3. The molecule has 3 heterocycles. The van der Waals surface area contributed by atoms with E-state index in [0.29, 0.717) is 36.4 Å². The SMILES string of the molecule is O=C(CCCN1C(=O)c2ccccc2C1=O)NCC1CCN(c2ncccn2)CC1. The Morgan fingerprint density at radius 3 is 2.27 bits per heavy atom. The molecule has 0 aliphatic carbocycles. The van der Waals surface area contributed by atoms with Crippen LogP contribution in [0, 0.1) is 5.92 Å². The van der Waals surface area contributed by atoms with Gasteiger partial charge in [0.2, 0.25) is 11.9 Å². The Bertz CT molecular complexity index is 890. The number of aromatic nitrogens is 2. The highest BCUT2D eigenvalue weighted by atomic mass is 16.2. The molecule has 8 nitrogen and oxygen atoms in total. The van der Waals surface area contributed by atoms with Crippen LogP contribution in [0.3, 0.4) is 0 Å². The van der Waals surface area contributed by atoms with E-state index in [-0.39, 0.29) is 24.3 Å². The quantitative estimate of drug-likeness (QED) is 0.704. The third-order valence-electron chi connectivity index (χ3n) is 5.70. The van der Waals surface area contributed by atoms with Crippen LogP contribution in [0.15, 0.2) is 42.7 Å². The van der Waals surface area contributed by atoms with Crippen LogP contribution in [-0.4, -0.2) is 58.8 Å². The predicted octanol–water partition coefficient (Wildman–Crippen LogP) is 1.89. The molecule has 156 valence electrons. The van der Waals surface area contributed by atoms with Gasteiger partial charge < -0.3 is 10.2 Å². The van der Waals surface area contributed by atoms with E-state index in [0.717, 1.165) is 31.9 Å². The first-order valence-corrected chi connectivity index (χ1v) is 10.4. The standard InChI is InChI=1S/C22H25N5O3/c28-19(7-3-12-27-20(29)17-5-1-2-6-18(17)21(27)30)25-15-16-8-13-26(14-9-16)22-23-10-4-11-24-22/h1-2,4-6,10-11,16H,3,7-9,12-15H2,(H,25,28). The molecule has 0 saturated carbocycles. The molecule has 30 heavy (non-hydrogen) atoms. The largest absolute Gasteiger partial charge is 0.356 e. The fourth-order valence-electron chi connectivity index (χ4n) is 3.98. The van der Waals surface area contributed by atoms with Crippen LogP contribution in [0.1, 0.15) is 46.4 Å². The second kappa shape index (κ2) is 9.02. The summed E-state index contributed by atoms with van der Waals surface area (Å²) in [5.41, 5.74) is 0.887. The number of piperidine rings is 1. The highest BCUT2D eigenvalue weighted by Gasteiger charge is 2.34. The Labute approximate surface area is 175 Å². The van der Waals surface area contributed by atoms with Crippen LogP contribution in [0.25, 0.3) is 0 Å². The third-order valence-corrected chi connectivity index (χ3v) is 5.70. The number of anilines is 1. The van der Waals surface area contributed by atoms with Crippen molar-refractivity contribution >= 4 is 23.7 Å². The summed E-state index contributed by atoms with van der Waals surface area (Å²) >= 11 is 0. The lowest BCUT2D eigenvalue weighted by Crippen LogP contribution is -2.39. The summed E-state index contributed by atoms with van der Waals surface area (Å²) in [6.07, 6.45) is 6.21. The van der Waals surface area contributed by atoms with Crippen molar-refractivity contribution in [1.29, 1.82) is 0 Å². The van der Waals surface area contributed by atoms with Crippen LogP contribution in [0.2, 0.25) is 0 Å². The first-order chi connectivity index (χ1) is 14.6. The number of hydrogen-bond donors (Lipinski definition) is 1. The first kappa shape index (κ1) is 20.0. The molecule has 0 radical (unpaired) electrons. The van der Waals surface area contributed by atoms with Crippen LogP contribution in [-0.2, 0) is 4.79 Å². The summed E-state index contributed by atoms with van der Waals surface area (Å²) in [5, 5.41) is 2.99. The highest BCUT2D eigenvalue weighted by molar-refractivity contribution is 6.21. The van der Waals surface area contributed by atoms with Gasteiger partial charge in [-0.15, -0.1) is 0 Å². The lowest BCUT2D eigenvalue weighted by molar-refractivity contribution is -0.121. The number of rotatable bonds is 7. The van der Waals surface area contributed by atoms with Gasteiger partial charge in [-0.05, 0) is 43.4 Å². The maximum Gasteiger partial charge on any atom is 0.261 e. The van der Waals surface area contributed by atoms with Crippen LogP contribution in [0.5, 0.6) is 0 Å². The second-order valence-corrected chi connectivity index (χ2v) is 7.69. The van der Waals surface area contributed by atoms with Gasteiger partial charge in [-0.3, -0.25) is 19.3 Å². The molecule has 0 spiro atoms. The van der Waals surface area contributed by atoms with E-state index < -0.39 is 0 Å². The minimum Gasteiger partial charge on any atom is -0.356 e. The summed E-state index contributed by atoms with van der Waals surface area (Å²) in [6.45, 7) is 2.67. The molecule has 2 aromatic rings. The van der Waals surface area contributed by atoms with Crippen molar-refractivity contribution in [2.45, 2.75) is 25.7 Å². The van der Waals surface area contributed by atoms with Gasteiger partial charge >= 0.3 is 0 Å². The van der Waals surface area contributed by atoms with E-state index in [1.165, 1.54) is 4.90 Å². The van der Waals surface area contributed by atoms with Gasteiger partial charge in [-0.2, -0.15) is 0 Å². The monoisotopic (exact) mass is 407 g/mol. The summed E-state index contributed by atoms with van der Waals surface area (Å²) < 4.78 is 0. The highest BCUT2D eigenvalue weighted by Crippen LogP contribution is 2.23. The van der Waals surface area contributed by atoms with Crippen molar-refractivity contribution in [2.24, 2.45) is 5.92 Å². The zero-order valence-corrected chi connectivity index (χ0v) is 16.8. The molecule has 0 unspecified atom stereocenters. The number of hydrogen-bond acceptors (Lipinski definition) is 6. The number of fused-ring (bicyclic) bond motifs is 1. The fraction of sp³-hybridized carbons (Fsp3) is 0.409. The van der Waals surface area contributed by atoms with Crippen molar-refractivity contribution < 1.29 is 14.4 Å². The van der Waals surface area contributed by atoms with E-state index in [1.54, 1.807) is 42.7 Å². The number of carbonyl (C=O) groups excluding carboxylic acids is 3. The van der Waals surface area contributed by atoms with Crippen molar-refractivity contribution in [3.63, 3.8) is 0 Å². The minimum atomic E-state index is -0.273. The first-order valence-electron chi connectivity index (χ1n) is 10.4. The molecule has 2 aliphatic heterocycles. The molecule has 2 aliphatic rings. The summed E-state index contributed by atoms with van der Waals surface area (Å²) in [4.78, 5) is 48.8. The molecular weight excluding hydrogens is 382 g/mol. The predicted molar refractivity (Wildman–Crippen MR) is 111 cm³/mol. The third kappa shape index (κ3) is 4.32. The average molecular weight is 407 g/mol. The summed E-state index contributed by atoms with van der Waals surface area (Å²) in [6, 6.07) is 8.63. The zero-order chi connectivity index (χ0) is 20.9. The van der Waals surface area contributed by atoms with Crippen molar-refractivity contribution in [1.82, 2.24) is 20.2 Å². The lowest BCUT2D eigenvalue weighted by atomic mass is 9.97. The molecule has 0 atom stereocenters. The second-order valence-electron chi connectivity index (χ2n) is 7.69. The van der Waals surface area contributed by atoms with Gasteiger partial charge in [-0.1, -0.05) is 12.1 Å². The summed E-state index contributed by atoms with van der Waals surface area (Å²) in [5.74, 6) is 0.606. The smallest absolute Gasteiger partial charge is 0.261 e. The number of benzene rings is 1. The van der Waals surface area contributed by atoms with Gasteiger partial charge in [-0.25, -0.2) is 9.97 Å². The average Bonchev–Trinajstić information content (AvgIpc) is 3.04. The molecule has 1 aromatic heterocycles. The Kier molecular flexibility index (Phi) is 6.02. The Hall–Kier alpha value is -3.29. The van der Waals surface area contributed by atoms with E-state index in [9.17, 15) is 14.4 Å². The minimum absolute atomic E-state index is 0.0413. The van der Waals surface area contributed by atoms with E-state index in [1.807, 2.05) is 0 Å². The normalized spacial score (nSPS) is 16.7. The van der Waals surface area contributed by atoms with E-state index in [2.05, 4.69) is 20.2 Å². The molecular formula is C22H25N5O3. The van der Waals surface area contributed by atoms with Gasteiger partial charge in [0.25, 0.3) is 11.8 Å². The number of amides is 3. The van der Waals surface area contributed by atoms with Gasteiger partial charge in [0.05, 0.1) is 11.1 Å². The van der Waals surface area contributed by atoms with Gasteiger partial charge in [0, 0.05) is 45.0 Å². The molecule has 0 bridgehead atoms. The number of nitrogens with zero attached hydrogens (tertiary/aromatic N) is 4. The van der Waals surface area contributed by atoms with Gasteiger partial charge in [0.15, 0.2) is 0 Å². The van der Waals surface area contributed by atoms with Crippen molar-refractivity contribution in [3.8, 4) is 0 Å². The molecule has 1 aromatic carbocycles. The molecule has 3 amide bonds. The molecule has 1 fully saturated rings. The molecule has 1 saturated heterocycles. The lowest BCUT2D eigenvalue weighted by Gasteiger charge is -2.31. The fourth-order valence-corrected chi connectivity index (χ4v) is 3.98. The van der Waals surface area contributed by atoms with E-state index in [4.69, 9.17) is 0 Å². The molecule has 8 heteroatoms. The number of imide groups is 1. The maximum absolute atomic E-state index is 12.3. The topological polar surface area (TPSA) is 95.5 Å². The number of carbonyl (C=O) groups is 3. The van der Waals surface area contributed by atoms with Gasteiger partial charge in [0.1, 0.15) is 0 Å².